The molecule has 0 bridgehead atoms. The lowest BCUT2D eigenvalue weighted by atomic mass is 9.83. The average Bonchev–Trinajstić information content (AvgIpc) is 2.16. The fraction of sp³-hybridized carbons (Fsp3) is 1.00. The summed E-state index contributed by atoms with van der Waals surface area (Å²) in [6.45, 7) is 4.70. The number of ether oxygens (including phenoxy) is 2. The SMILES string of the molecule is COCCC(C)(N)CC1CCOCC1. The molecule has 1 saturated heterocycles. The Balaban J connectivity index is 2.25. The zero-order valence-electron chi connectivity index (χ0n) is 9.42. The first kappa shape index (κ1) is 12.0. The van der Waals surface area contributed by atoms with E-state index in [1.54, 1.807) is 7.11 Å². The minimum absolute atomic E-state index is 0.0714. The van der Waals surface area contributed by atoms with Gasteiger partial charge in [0.1, 0.15) is 0 Å². The molecule has 1 rings (SSSR count). The summed E-state index contributed by atoms with van der Waals surface area (Å²) in [5.41, 5.74) is 6.14. The van der Waals surface area contributed by atoms with Crippen LogP contribution < -0.4 is 5.73 Å². The Morgan fingerprint density at radius 2 is 2.07 bits per heavy atom. The second kappa shape index (κ2) is 5.69. The molecule has 1 aliphatic rings. The third kappa shape index (κ3) is 4.40. The van der Waals surface area contributed by atoms with Crippen LogP contribution in [0.2, 0.25) is 0 Å². The van der Waals surface area contributed by atoms with Gasteiger partial charge >= 0.3 is 0 Å². The van der Waals surface area contributed by atoms with Crippen LogP contribution in [0.15, 0.2) is 0 Å². The summed E-state index contributed by atoms with van der Waals surface area (Å²) < 4.78 is 10.4. The van der Waals surface area contributed by atoms with E-state index in [9.17, 15) is 0 Å². The molecule has 2 N–H and O–H groups in total. The lowest BCUT2D eigenvalue weighted by molar-refractivity contribution is 0.0543. The Hall–Kier alpha value is -0.120. The quantitative estimate of drug-likeness (QED) is 0.734. The number of rotatable bonds is 5. The fourth-order valence-electron chi connectivity index (χ4n) is 2.05. The van der Waals surface area contributed by atoms with Crippen LogP contribution in [0, 0.1) is 5.92 Å². The van der Waals surface area contributed by atoms with Crippen LogP contribution in [-0.2, 0) is 9.47 Å². The van der Waals surface area contributed by atoms with Crippen molar-refractivity contribution in [2.24, 2.45) is 11.7 Å². The first-order chi connectivity index (χ1) is 6.64. The van der Waals surface area contributed by atoms with E-state index < -0.39 is 0 Å². The minimum Gasteiger partial charge on any atom is -0.385 e. The zero-order chi connectivity index (χ0) is 10.4. The molecule has 1 fully saturated rings. The number of hydrogen-bond donors (Lipinski definition) is 1. The molecule has 3 nitrogen and oxygen atoms in total. The van der Waals surface area contributed by atoms with Crippen LogP contribution in [-0.4, -0.2) is 32.5 Å². The van der Waals surface area contributed by atoms with Crippen molar-refractivity contribution in [2.45, 2.75) is 38.1 Å². The van der Waals surface area contributed by atoms with Gasteiger partial charge in [0.25, 0.3) is 0 Å². The molecule has 0 aromatic carbocycles. The predicted molar refractivity (Wildman–Crippen MR) is 57.2 cm³/mol. The maximum absolute atomic E-state index is 6.21. The highest BCUT2D eigenvalue weighted by molar-refractivity contribution is 4.82. The van der Waals surface area contributed by atoms with E-state index in [1.165, 1.54) is 12.8 Å². The highest BCUT2D eigenvalue weighted by atomic mass is 16.5. The molecule has 0 aliphatic carbocycles. The van der Waals surface area contributed by atoms with Crippen molar-refractivity contribution >= 4 is 0 Å². The molecular formula is C11H23NO2. The predicted octanol–water partition coefficient (Wildman–Crippen LogP) is 1.56. The van der Waals surface area contributed by atoms with Crippen molar-refractivity contribution in [3.8, 4) is 0 Å². The van der Waals surface area contributed by atoms with E-state index in [4.69, 9.17) is 15.2 Å². The van der Waals surface area contributed by atoms with Gasteiger partial charge in [0.2, 0.25) is 0 Å². The number of hydrogen-bond acceptors (Lipinski definition) is 3. The Kier molecular flexibility index (Phi) is 4.85. The molecule has 3 heteroatoms. The third-order valence-electron chi connectivity index (χ3n) is 2.97. The fourth-order valence-corrected chi connectivity index (χ4v) is 2.05. The third-order valence-corrected chi connectivity index (χ3v) is 2.97. The molecule has 0 spiro atoms. The summed E-state index contributed by atoms with van der Waals surface area (Å²) in [6.07, 6.45) is 4.38. The lowest BCUT2D eigenvalue weighted by Crippen LogP contribution is -2.40. The monoisotopic (exact) mass is 201 g/mol. The molecule has 84 valence electrons. The van der Waals surface area contributed by atoms with Gasteiger partial charge in [-0.3, -0.25) is 0 Å². The Morgan fingerprint density at radius 3 is 2.64 bits per heavy atom. The van der Waals surface area contributed by atoms with E-state index in [1.807, 2.05) is 0 Å². The van der Waals surface area contributed by atoms with Crippen LogP contribution in [0.5, 0.6) is 0 Å². The molecule has 0 aromatic rings. The van der Waals surface area contributed by atoms with Crippen molar-refractivity contribution in [2.75, 3.05) is 26.9 Å². The van der Waals surface area contributed by atoms with Gasteiger partial charge in [-0.05, 0) is 38.5 Å². The van der Waals surface area contributed by atoms with Crippen molar-refractivity contribution in [3.63, 3.8) is 0 Å². The molecule has 0 aromatic heterocycles. The van der Waals surface area contributed by atoms with E-state index in [2.05, 4.69) is 6.92 Å². The largest absolute Gasteiger partial charge is 0.385 e. The van der Waals surface area contributed by atoms with E-state index in [-0.39, 0.29) is 5.54 Å². The maximum atomic E-state index is 6.21. The van der Waals surface area contributed by atoms with Crippen molar-refractivity contribution in [1.29, 1.82) is 0 Å². The summed E-state index contributed by atoms with van der Waals surface area (Å²) in [5, 5.41) is 0. The van der Waals surface area contributed by atoms with Crippen molar-refractivity contribution in [1.82, 2.24) is 0 Å². The van der Waals surface area contributed by atoms with Crippen LogP contribution >= 0.6 is 0 Å². The molecule has 0 saturated carbocycles. The molecule has 1 unspecified atom stereocenters. The van der Waals surface area contributed by atoms with Crippen LogP contribution in [0.4, 0.5) is 0 Å². The Bertz CT molecular complexity index is 153. The summed E-state index contributed by atoms with van der Waals surface area (Å²) in [5.74, 6) is 0.746. The van der Waals surface area contributed by atoms with Gasteiger partial charge < -0.3 is 15.2 Å². The first-order valence-electron chi connectivity index (χ1n) is 5.49. The van der Waals surface area contributed by atoms with Crippen molar-refractivity contribution in [3.05, 3.63) is 0 Å². The highest BCUT2D eigenvalue weighted by Gasteiger charge is 2.24. The second-order valence-corrected chi connectivity index (χ2v) is 4.66. The van der Waals surface area contributed by atoms with Gasteiger partial charge in [-0.25, -0.2) is 0 Å². The van der Waals surface area contributed by atoms with Crippen LogP contribution in [0.1, 0.15) is 32.6 Å². The van der Waals surface area contributed by atoms with E-state index in [0.717, 1.165) is 38.6 Å². The Labute approximate surface area is 86.9 Å². The van der Waals surface area contributed by atoms with Gasteiger partial charge in [-0.1, -0.05) is 0 Å². The van der Waals surface area contributed by atoms with E-state index in [0.29, 0.717) is 0 Å². The molecular weight excluding hydrogens is 178 g/mol. The van der Waals surface area contributed by atoms with Gasteiger partial charge in [0, 0.05) is 32.5 Å². The van der Waals surface area contributed by atoms with Gasteiger partial charge in [-0.2, -0.15) is 0 Å². The highest BCUT2D eigenvalue weighted by Crippen LogP contribution is 2.25. The number of nitrogens with two attached hydrogens (primary N) is 1. The topological polar surface area (TPSA) is 44.5 Å². The Morgan fingerprint density at radius 1 is 1.43 bits per heavy atom. The smallest absolute Gasteiger partial charge is 0.0479 e. The maximum Gasteiger partial charge on any atom is 0.0479 e. The second-order valence-electron chi connectivity index (χ2n) is 4.66. The summed E-state index contributed by atoms with van der Waals surface area (Å²) >= 11 is 0. The normalized spacial score (nSPS) is 23.4. The first-order valence-corrected chi connectivity index (χ1v) is 5.49. The average molecular weight is 201 g/mol. The number of methoxy groups -OCH3 is 1. The molecule has 0 radical (unpaired) electrons. The van der Waals surface area contributed by atoms with Gasteiger partial charge in [0.05, 0.1) is 0 Å². The van der Waals surface area contributed by atoms with Crippen LogP contribution in [0.25, 0.3) is 0 Å². The van der Waals surface area contributed by atoms with E-state index >= 15 is 0 Å². The molecule has 1 atom stereocenters. The summed E-state index contributed by atoms with van der Waals surface area (Å²) in [4.78, 5) is 0. The summed E-state index contributed by atoms with van der Waals surface area (Å²) in [7, 11) is 1.73. The lowest BCUT2D eigenvalue weighted by Gasteiger charge is -2.31. The van der Waals surface area contributed by atoms with Crippen LogP contribution in [0.3, 0.4) is 0 Å². The standard InChI is InChI=1S/C11H23NO2/c1-11(12,5-8-13-2)9-10-3-6-14-7-4-10/h10H,3-9,12H2,1-2H3. The zero-order valence-corrected chi connectivity index (χ0v) is 9.42. The minimum atomic E-state index is -0.0714. The summed E-state index contributed by atoms with van der Waals surface area (Å²) in [6, 6.07) is 0. The van der Waals surface area contributed by atoms with Crippen molar-refractivity contribution < 1.29 is 9.47 Å². The van der Waals surface area contributed by atoms with Gasteiger partial charge in [0.15, 0.2) is 0 Å². The molecule has 0 amide bonds. The molecule has 14 heavy (non-hydrogen) atoms. The molecule has 1 heterocycles. The molecule has 1 aliphatic heterocycles. The van der Waals surface area contributed by atoms with Gasteiger partial charge in [-0.15, -0.1) is 0 Å².